The first-order chi connectivity index (χ1) is 12.1. The van der Waals surface area contributed by atoms with Gasteiger partial charge in [0, 0.05) is 11.9 Å². The van der Waals surface area contributed by atoms with E-state index in [1.807, 2.05) is 42.5 Å². The highest BCUT2D eigenvalue weighted by Crippen LogP contribution is 2.19. The Morgan fingerprint density at radius 3 is 2.64 bits per heavy atom. The summed E-state index contributed by atoms with van der Waals surface area (Å²) in [7, 11) is 0. The summed E-state index contributed by atoms with van der Waals surface area (Å²) < 4.78 is 1.13. The van der Waals surface area contributed by atoms with E-state index in [0.29, 0.717) is 16.6 Å². The first kappa shape index (κ1) is 14.9. The van der Waals surface area contributed by atoms with E-state index in [9.17, 15) is 14.7 Å². The molecule has 0 atom stereocenters. The molecule has 0 aliphatic carbocycles. The van der Waals surface area contributed by atoms with Gasteiger partial charge in [0.1, 0.15) is 0 Å². The molecule has 2 aromatic carbocycles. The zero-order chi connectivity index (χ0) is 17.4. The molecule has 25 heavy (non-hydrogen) atoms. The van der Waals surface area contributed by atoms with E-state index < -0.39 is 17.2 Å². The van der Waals surface area contributed by atoms with Crippen molar-refractivity contribution in [2.24, 2.45) is 0 Å². The summed E-state index contributed by atoms with van der Waals surface area (Å²) in [5.74, 6) is -1.29. The molecule has 0 unspecified atom stereocenters. The Hall–Kier alpha value is -3.61. The number of aromatic amines is 1. The SMILES string of the molecule is O=C(NCc1ccccc1)c1nc2c3ccccc3[nH]n2c(=O)c1O. The van der Waals surface area contributed by atoms with Gasteiger partial charge in [-0.2, -0.15) is 4.52 Å². The summed E-state index contributed by atoms with van der Waals surface area (Å²) >= 11 is 0. The van der Waals surface area contributed by atoms with Crippen LogP contribution in [0.5, 0.6) is 5.75 Å². The number of nitrogens with zero attached hydrogens (tertiary/aromatic N) is 2. The van der Waals surface area contributed by atoms with Crippen LogP contribution in [0.15, 0.2) is 59.4 Å². The molecule has 0 bridgehead atoms. The minimum absolute atomic E-state index is 0.272. The summed E-state index contributed by atoms with van der Waals surface area (Å²) in [6.07, 6.45) is 0. The zero-order valence-corrected chi connectivity index (χ0v) is 13.1. The van der Waals surface area contributed by atoms with Crippen LogP contribution in [0.2, 0.25) is 0 Å². The Kier molecular flexibility index (Phi) is 3.46. The average Bonchev–Trinajstić information content (AvgIpc) is 3.02. The van der Waals surface area contributed by atoms with Crippen LogP contribution in [-0.2, 0) is 6.54 Å². The first-order valence-electron chi connectivity index (χ1n) is 7.70. The molecule has 2 heterocycles. The Morgan fingerprint density at radius 1 is 1.12 bits per heavy atom. The molecule has 4 rings (SSSR count). The number of para-hydroxylation sites is 1. The number of aromatic hydroxyl groups is 1. The highest BCUT2D eigenvalue weighted by molar-refractivity contribution is 5.98. The van der Waals surface area contributed by atoms with Gasteiger partial charge in [0.2, 0.25) is 5.75 Å². The van der Waals surface area contributed by atoms with Crippen LogP contribution >= 0.6 is 0 Å². The molecule has 0 saturated carbocycles. The van der Waals surface area contributed by atoms with Crippen LogP contribution in [0.3, 0.4) is 0 Å². The summed E-state index contributed by atoms with van der Waals surface area (Å²) in [4.78, 5) is 29.0. The Labute approximate surface area is 141 Å². The average molecular weight is 334 g/mol. The number of fused-ring (bicyclic) bond motifs is 3. The molecule has 4 aromatic rings. The van der Waals surface area contributed by atoms with Gasteiger partial charge in [0.15, 0.2) is 11.3 Å². The number of rotatable bonds is 3. The molecule has 1 amide bonds. The van der Waals surface area contributed by atoms with Crippen molar-refractivity contribution in [2.45, 2.75) is 6.54 Å². The lowest BCUT2D eigenvalue weighted by atomic mass is 10.2. The van der Waals surface area contributed by atoms with Gasteiger partial charge in [-0.3, -0.25) is 14.7 Å². The maximum atomic E-state index is 12.4. The molecule has 0 fully saturated rings. The van der Waals surface area contributed by atoms with Crippen LogP contribution in [0, 0.1) is 0 Å². The lowest BCUT2D eigenvalue weighted by Crippen LogP contribution is -2.27. The molecular formula is C18H14N4O3. The second-order valence-electron chi connectivity index (χ2n) is 5.60. The summed E-state index contributed by atoms with van der Waals surface area (Å²) in [5.41, 5.74) is 0.883. The summed E-state index contributed by atoms with van der Waals surface area (Å²) in [5, 5.41) is 16.3. The molecule has 3 N–H and O–H groups in total. The van der Waals surface area contributed by atoms with Gasteiger partial charge in [-0.05, 0) is 17.7 Å². The molecule has 2 aromatic heterocycles. The molecule has 0 radical (unpaired) electrons. The number of hydrogen-bond donors (Lipinski definition) is 3. The van der Waals surface area contributed by atoms with Crippen molar-refractivity contribution in [1.29, 1.82) is 0 Å². The van der Waals surface area contributed by atoms with Crippen molar-refractivity contribution < 1.29 is 9.90 Å². The highest BCUT2D eigenvalue weighted by atomic mass is 16.3. The maximum Gasteiger partial charge on any atom is 0.315 e. The minimum atomic E-state index is -0.717. The minimum Gasteiger partial charge on any atom is -0.501 e. The number of hydrogen-bond acceptors (Lipinski definition) is 4. The predicted molar refractivity (Wildman–Crippen MR) is 92.6 cm³/mol. The number of nitrogens with one attached hydrogen (secondary N) is 2. The largest absolute Gasteiger partial charge is 0.501 e. The molecule has 124 valence electrons. The van der Waals surface area contributed by atoms with Crippen LogP contribution in [0.25, 0.3) is 16.6 Å². The Morgan fingerprint density at radius 2 is 1.84 bits per heavy atom. The van der Waals surface area contributed by atoms with Crippen LogP contribution in [0.1, 0.15) is 16.1 Å². The van der Waals surface area contributed by atoms with E-state index in [1.54, 1.807) is 12.1 Å². The molecule has 0 aliphatic heterocycles. The van der Waals surface area contributed by atoms with Crippen molar-refractivity contribution in [3.05, 3.63) is 76.2 Å². The van der Waals surface area contributed by atoms with Gasteiger partial charge in [0.25, 0.3) is 5.91 Å². The van der Waals surface area contributed by atoms with Crippen molar-refractivity contribution in [3.8, 4) is 5.75 Å². The smallest absolute Gasteiger partial charge is 0.315 e. The van der Waals surface area contributed by atoms with Gasteiger partial charge in [-0.15, -0.1) is 0 Å². The quantitative estimate of drug-likeness (QED) is 0.532. The number of H-pyrrole nitrogens is 1. The van der Waals surface area contributed by atoms with Crippen LogP contribution in [-0.4, -0.2) is 25.6 Å². The molecule has 0 aliphatic rings. The van der Waals surface area contributed by atoms with E-state index in [1.165, 1.54) is 0 Å². The highest BCUT2D eigenvalue weighted by Gasteiger charge is 2.20. The third kappa shape index (κ3) is 2.51. The van der Waals surface area contributed by atoms with Gasteiger partial charge in [-0.25, -0.2) is 4.98 Å². The molecular weight excluding hydrogens is 320 g/mol. The van der Waals surface area contributed by atoms with Gasteiger partial charge in [0.05, 0.1) is 5.52 Å². The third-order valence-corrected chi connectivity index (χ3v) is 3.97. The maximum absolute atomic E-state index is 12.4. The van der Waals surface area contributed by atoms with Crippen molar-refractivity contribution >= 4 is 22.5 Å². The number of carbonyl (C=O) groups excluding carboxylic acids is 1. The van der Waals surface area contributed by atoms with E-state index in [0.717, 1.165) is 10.1 Å². The van der Waals surface area contributed by atoms with Gasteiger partial charge < -0.3 is 10.4 Å². The lowest BCUT2D eigenvalue weighted by Gasteiger charge is -2.06. The van der Waals surface area contributed by atoms with Crippen LogP contribution < -0.4 is 10.9 Å². The summed E-state index contributed by atoms with van der Waals surface area (Å²) in [6.45, 7) is 0.272. The molecule has 7 nitrogen and oxygen atoms in total. The third-order valence-electron chi connectivity index (χ3n) is 3.97. The predicted octanol–water partition coefficient (Wildman–Crippen LogP) is 1.81. The topological polar surface area (TPSA) is 99.5 Å². The van der Waals surface area contributed by atoms with E-state index in [-0.39, 0.29) is 12.2 Å². The van der Waals surface area contributed by atoms with E-state index in [2.05, 4.69) is 15.4 Å². The van der Waals surface area contributed by atoms with Gasteiger partial charge in [-0.1, -0.05) is 42.5 Å². The van der Waals surface area contributed by atoms with Crippen molar-refractivity contribution in [3.63, 3.8) is 0 Å². The Balaban J connectivity index is 1.76. The number of carbonyl (C=O) groups is 1. The normalized spacial score (nSPS) is 11.0. The number of aromatic nitrogens is 3. The monoisotopic (exact) mass is 334 g/mol. The number of amides is 1. The standard InChI is InChI=1S/C18H14N4O3/c23-15-14(17(24)19-10-11-6-2-1-3-7-11)20-16-12-8-4-5-9-13(12)21-22(16)18(15)25/h1-9,21,23H,10H2,(H,19,24). The van der Waals surface area contributed by atoms with Gasteiger partial charge >= 0.3 is 5.56 Å². The second kappa shape index (κ2) is 5.79. The number of benzene rings is 2. The van der Waals surface area contributed by atoms with Crippen molar-refractivity contribution in [1.82, 2.24) is 19.9 Å². The Bertz CT molecular complexity index is 1150. The van der Waals surface area contributed by atoms with Crippen LogP contribution in [0.4, 0.5) is 0 Å². The molecule has 0 saturated heterocycles. The fourth-order valence-corrected chi connectivity index (χ4v) is 2.71. The fourth-order valence-electron chi connectivity index (χ4n) is 2.71. The second-order valence-corrected chi connectivity index (χ2v) is 5.60. The van der Waals surface area contributed by atoms with E-state index >= 15 is 0 Å². The zero-order valence-electron chi connectivity index (χ0n) is 13.1. The van der Waals surface area contributed by atoms with E-state index in [4.69, 9.17) is 0 Å². The fraction of sp³-hybridized carbons (Fsp3) is 0.0556. The lowest BCUT2D eigenvalue weighted by molar-refractivity contribution is 0.0942. The molecule has 7 heteroatoms. The molecule has 0 spiro atoms. The van der Waals surface area contributed by atoms with Crippen molar-refractivity contribution in [2.75, 3.05) is 0 Å². The first-order valence-corrected chi connectivity index (χ1v) is 7.70. The summed E-state index contributed by atoms with van der Waals surface area (Å²) in [6, 6.07) is 16.5.